The molecule has 0 saturated carbocycles. The van der Waals surface area contributed by atoms with Gasteiger partial charge < -0.3 is 0 Å². The van der Waals surface area contributed by atoms with E-state index >= 15 is 0 Å². The zero-order valence-corrected chi connectivity index (χ0v) is 14.0. The SMILES string of the molecule is CCCCCC(C)(CCCCC)CC(C)(C)C(F)(F)F. The lowest BCUT2D eigenvalue weighted by Crippen LogP contribution is -2.37. The maximum Gasteiger partial charge on any atom is 0.393 e. The number of halogens is 3. The molecule has 0 aromatic heterocycles. The molecule has 0 aliphatic carbocycles. The van der Waals surface area contributed by atoms with Crippen molar-refractivity contribution in [2.45, 2.75) is 98.6 Å². The van der Waals surface area contributed by atoms with Crippen molar-refractivity contribution in [2.24, 2.45) is 10.8 Å². The highest BCUT2D eigenvalue weighted by Gasteiger charge is 2.50. The van der Waals surface area contributed by atoms with Crippen LogP contribution < -0.4 is 0 Å². The number of hydrogen-bond acceptors (Lipinski definition) is 0. The summed E-state index contributed by atoms with van der Waals surface area (Å²) in [5, 5.41) is 0. The molecule has 0 aliphatic rings. The second-order valence-corrected chi connectivity index (χ2v) is 7.28. The first-order valence-electron chi connectivity index (χ1n) is 8.15. The summed E-state index contributed by atoms with van der Waals surface area (Å²) in [6.45, 7) is 9.03. The predicted molar refractivity (Wildman–Crippen MR) is 80.8 cm³/mol. The lowest BCUT2D eigenvalue weighted by Gasteiger charge is -2.39. The van der Waals surface area contributed by atoms with Crippen LogP contribution in [-0.2, 0) is 0 Å². The third-order valence-electron chi connectivity index (χ3n) is 4.40. The molecule has 0 N–H and O–H groups in total. The minimum absolute atomic E-state index is 0.177. The molecule has 0 nitrogen and oxygen atoms in total. The van der Waals surface area contributed by atoms with Gasteiger partial charge in [-0.25, -0.2) is 0 Å². The summed E-state index contributed by atoms with van der Waals surface area (Å²) < 4.78 is 39.4. The highest BCUT2D eigenvalue weighted by atomic mass is 19.4. The summed E-state index contributed by atoms with van der Waals surface area (Å²) in [5.41, 5.74) is -1.76. The van der Waals surface area contributed by atoms with E-state index < -0.39 is 11.6 Å². The summed E-state index contributed by atoms with van der Waals surface area (Å²) in [6, 6.07) is 0. The van der Waals surface area contributed by atoms with Gasteiger partial charge in [0.15, 0.2) is 0 Å². The lowest BCUT2D eigenvalue weighted by atomic mass is 9.68. The van der Waals surface area contributed by atoms with Gasteiger partial charge in [0.1, 0.15) is 0 Å². The van der Waals surface area contributed by atoms with Crippen molar-refractivity contribution < 1.29 is 13.2 Å². The Morgan fingerprint density at radius 3 is 1.40 bits per heavy atom. The van der Waals surface area contributed by atoms with Crippen LogP contribution in [0.5, 0.6) is 0 Å². The first kappa shape index (κ1) is 19.8. The molecular weight excluding hydrogens is 261 g/mol. The topological polar surface area (TPSA) is 0 Å². The highest BCUT2D eigenvalue weighted by molar-refractivity contribution is 4.86. The molecule has 0 rings (SSSR count). The van der Waals surface area contributed by atoms with Crippen LogP contribution in [-0.4, -0.2) is 6.18 Å². The summed E-state index contributed by atoms with van der Waals surface area (Å²) in [7, 11) is 0. The van der Waals surface area contributed by atoms with E-state index in [-0.39, 0.29) is 11.8 Å². The van der Waals surface area contributed by atoms with Crippen molar-refractivity contribution in [3.63, 3.8) is 0 Å². The molecule has 0 aliphatic heterocycles. The first-order chi connectivity index (χ1) is 9.08. The molecule has 0 spiro atoms. The average Bonchev–Trinajstić information content (AvgIpc) is 2.27. The van der Waals surface area contributed by atoms with Gasteiger partial charge >= 0.3 is 6.18 Å². The Bertz CT molecular complexity index is 243. The van der Waals surface area contributed by atoms with Crippen LogP contribution in [0.1, 0.15) is 92.4 Å². The Morgan fingerprint density at radius 1 is 0.700 bits per heavy atom. The Kier molecular flexibility index (Phi) is 8.20. The van der Waals surface area contributed by atoms with E-state index in [4.69, 9.17) is 0 Å². The molecule has 0 atom stereocenters. The molecule has 0 amide bonds. The van der Waals surface area contributed by atoms with E-state index in [2.05, 4.69) is 20.8 Å². The fourth-order valence-electron chi connectivity index (χ4n) is 3.07. The molecule has 3 heteroatoms. The predicted octanol–water partition coefficient (Wildman–Crippen LogP) is 7.13. The van der Waals surface area contributed by atoms with Crippen LogP contribution in [0.25, 0.3) is 0 Å². The van der Waals surface area contributed by atoms with Crippen LogP contribution >= 0.6 is 0 Å². The maximum absolute atomic E-state index is 13.1. The summed E-state index contributed by atoms with van der Waals surface area (Å²) in [5.74, 6) is 0. The Balaban J connectivity index is 4.73. The van der Waals surface area contributed by atoms with Crippen LogP contribution in [0.2, 0.25) is 0 Å². The molecule has 0 unspecified atom stereocenters. The van der Waals surface area contributed by atoms with Crippen molar-refractivity contribution in [2.75, 3.05) is 0 Å². The van der Waals surface area contributed by atoms with Crippen LogP contribution in [0, 0.1) is 10.8 Å². The van der Waals surface area contributed by atoms with Crippen LogP contribution in [0.4, 0.5) is 13.2 Å². The van der Waals surface area contributed by atoms with Crippen molar-refractivity contribution >= 4 is 0 Å². The fourth-order valence-corrected chi connectivity index (χ4v) is 3.07. The average molecular weight is 294 g/mol. The fraction of sp³-hybridized carbons (Fsp3) is 1.00. The molecule has 0 radical (unpaired) electrons. The van der Waals surface area contributed by atoms with E-state index in [1.165, 1.54) is 13.8 Å². The highest BCUT2D eigenvalue weighted by Crippen LogP contribution is 2.49. The van der Waals surface area contributed by atoms with E-state index in [0.717, 1.165) is 51.4 Å². The van der Waals surface area contributed by atoms with E-state index in [0.29, 0.717) is 0 Å². The van der Waals surface area contributed by atoms with Crippen LogP contribution in [0.15, 0.2) is 0 Å². The van der Waals surface area contributed by atoms with Gasteiger partial charge in [0, 0.05) is 0 Å². The molecular formula is C17H33F3. The van der Waals surface area contributed by atoms with Gasteiger partial charge in [0.2, 0.25) is 0 Å². The van der Waals surface area contributed by atoms with Gasteiger partial charge in [-0.05, 0) is 24.7 Å². The minimum Gasteiger partial charge on any atom is -0.171 e. The second-order valence-electron chi connectivity index (χ2n) is 7.28. The van der Waals surface area contributed by atoms with Crippen molar-refractivity contribution in [3.8, 4) is 0 Å². The second kappa shape index (κ2) is 8.29. The van der Waals surface area contributed by atoms with Gasteiger partial charge in [0.05, 0.1) is 5.41 Å². The standard InChI is InChI=1S/C17H33F3/c1-6-8-10-12-16(5,13-11-9-7-2)14-15(3,4)17(18,19)20/h6-14H2,1-5H3. The maximum atomic E-state index is 13.1. The monoisotopic (exact) mass is 294 g/mol. The van der Waals surface area contributed by atoms with Crippen molar-refractivity contribution in [1.82, 2.24) is 0 Å². The number of unbranched alkanes of at least 4 members (excludes halogenated alkanes) is 4. The van der Waals surface area contributed by atoms with E-state index in [1.807, 2.05) is 0 Å². The Hall–Kier alpha value is -0.210. The third kappa shape index (κ3) is 6.99. The molecule has 0 heterocycles. The largest absolute Gasteiger partial charge is 0.393 e. The molecule has 0 saturated heterocycles. The molecule has 0 aromatic carbocycles. The first-order valence-corrected chi connectivity index (χ1v) is 8.15. The smallest absolute Gasteiger partial charge is 0.171 e. The Morgan fingerprint density at radius 2 is 1.10 bits per heavy atom. The zero-order valence-electron chi connectivity index (χ0n) is 14.0. The van der Waals surface area contributed by atoms with Gasteiger partial charge in [-0.3, -0.25) is 0 Å². The summed E-state index contributed by atoms with van der Waals surface area (Å²) in [4.78, 5) is 0. The van der Waals surface area contributed by atoms with Gasteiger partial charge in [-0.2, -0.15) is 13.2 Å². The van der Waals surface area contributed by atoms with Crippen molar-refractivity contribution in [1.29, 1.82) is 0 Å². The number of hydrogen-bond donors (Lipinski definition) is 0. The number of rotatable bonds is 10. The quantitative estimate of drug-likeness (QED) is 0.376. The summed E-state index contributed by atoms with van der Waals surface area (Å²) in [6.07, 6.45) is 4.56. The molecule has 20 heavy (non-hydrogen) atoms. The lowest BCUT2D eigenvalue weighted by molar-refractivity contribution is -0.222. The van der Waals surface area contributed by atoms with Gasteiger partial charge in [-0.1, -0.05) is 73.1 Å². The third-order valence-corrected chi connectivity index (χ3v) is 4.40. The van der Waals surface area contributed by atoms with Gasteiger partial charge in [-0.15, -0.1) is 0 Å². The zero-order chi connectivity index (χ0) is 15.9. The minimum atomic E-state index is -4.11. The summed E-state index contributed by atoms with van der Waals surface area (Å²) >= 11 is 0. The molecule has 0 bridgehead atoms. The normalized spacial score (nSPS) is 13.8. The van der Waals surface area contributed by atoms with E-state index in [1.54, 1.807) is 0 Å². The Labute approximate surface area is 123 Å². The molecule has 122 valence electrons. The van der Waals surface area contributed by atoms with E-state index in [9.17, 15) is 13.2 Å². The number of alkyl halides is 3. The van der Waals surface area contributed by atoms with Gasteiger partial charge in [0.25, 0.3) is 0 Å². The van der Waals surface area contributed by atoms with Crippen LogP contribution in [0.3, 0.4) is 0 Å². The molecule has 0 fully saturated rings. The van der Waals surface area contributed by atoms with Crippen molar-refractivity contribution in [3.05, 3.63) is 0 Å². The molecule has 0 aromatic rings.